The summed E-state index contributed by atoms with van der Waals surface area (Å²) in [5.74, 6) is 0.715. The monoisotopic (exact) mass is 542 g/mol. The topological polar surface area (TPSA) is 89.1 Å². The van der Waals surface area contributed by atoms with Crippen LogP contribution in [0.2, 0.25) is 5.02 Å². The zero-order chi connectivity index (χ0) is 26.2. The summed E-state index contributed by atoms with van der Waals surface area (Å²) >= 11 is 6.50. The number of nitrogens with one attached hydrogen (secondary N) is 1. The Bertz CT molecular complexity index is 1610. The maximum absolute atomic E-state index is 12.9. The van der Waals surface area contributed by atoms with Crippen molar-refractivity contribution in [2.45, 2.75) is 24.3 Å². The van der Waals surface area contributed by atoms with Gasteiger partial charge in [-0.15, -0.1) is 0 Å². The van der Waals surface area contributed by atoms with Gasteiger partial charge in [0.05, 0.1) is 26.7 Å². The Labute approximate surface area is 216 Å². The number of sulfone groups is 1. The molecule has 0 amide bonds. The number of fused-ring (bicyclic) bond motifs is 1. The highest BCUT2D eigenvalue weighted by molar-refractivity contribution is 7.91. The number of nitrogens with zero attached hydrogens (tertiary/aromatic N) is 1. The molecule has 1 saturated carbocycles. The molecule has 0 spiro atoms. The lowest BCUT2D eigenvalue weighted by Gasteiger charge is -2.11. The van der Waals surface area contributed by atoms with Crippen molar-refractivity contribution in [1.29, 1.82) is 0 Å². The van der Waals surface area contributed by atoms with Gasteiger partial charge in [-0.3, -0.25) is 4.79 Å². The number of alkyl halides is 2. The van der Waals surface area contributed by atoms with Crippen LogP contribution in [0.1, 0.15) is 24.2 Å². The Morgan fingerprint density at radius 2 is 1.84 bits per heavy atom. The van der Waals surface area contributed by atoms with Crippen molar-refractivity contribution >= 4 is 44.3 Å². The molecule has 4 aromatic rings. The fourth-order valence-electron chi connectivity index (χ4n) is 4.17. The van der Waals surface area contributed by atoms with Crippen LogP contribution in [0.5, 0.6) is 5.75 Å². The van der Waals surface area contributed by atoms with Crippen molar-refractivity contribution in [3.8, 4) is 16.9 Å². The van der Waals surface area contributed by atoms with Crippen molar-refractivity contribution < 1.29 is 26.7 Å². The molecule has 190 valence electrons. The third-order valence-corrected chi connectivity index (χ3v) is 8.34. The van der Waals surface area contributed by atoms with Gasteiger partial charge in [0.25, 0.3) is 0 Å². The van der Waals surface area contributed by atoms with Crippen LogP contribution in [0.3, 0.4) is 0 Å². The number of hydrogen-bond donors (Lipinski definition) is 1. The van der Waals surface area contributed by atoms with Gasteiger partial charge in [-0.2, -0.15) is 8.78 Å². The first-order valence-corrected chi connectivity index (χ1v) is 13.5. The minimum Gasteiger partial charge on any atom is -0.434 e. The standard InChI is InChI=1S/C27H21ClF2N2O4S/c28-22-14-24-23(13-21(22)20-3-1-2-4-25(20)36-27(29)30)31-26(32-24)19(11-12-33)17-7-9-18(10-8-17)37(34,35)15-16-5-6-16/h1-4,7-14,16,27H,5-6,15H2,(H,31,32)/b19-11-. The smallest absolute Gasteiger partial charge is 0.387 e. The Balaban J connectivity index is 1.51. The zero-order valence-electron chi connectivity index (χ0n) is 19.3. The molecule has 10 heteroatoms. The number of hydrogen-bond acceptors (Lipinski definition) is 5. The normalized spacial score (nSPS) is 14.3. The molecule has 1 aliphatic rings. The van der Waals surface area contributed by atoms with Gasteiger partial charge in [0.2, 0.25) is 0 Å². The molecule has 37 heavy (non-hydrogen) atoms. The molecule has 0 aliphatic heterocycles. The van der Waals surface area contributed by atoms with Crippen molar-refractivity contribution in [3.05, 3.63) is 83.2 Å². The highest BCUT2D eigenvalue weighted by atomic mass is 35.5. The number of aromatic nitrogens is 2. The Hall–Kier alpha value is -3.56. The Morgan fingerprint density at radius 1 is 1.11 bits per heavy atom. The molecule has 0 bridgehead atoms. The van der Waals surface area contributed by atoms with E-state index < -0.39 is 16.4 Å². The summed E-state index contributed by atoms with van der Waals surface area (Å²) in [4.78, 5) is 19.4. The Kier molecular flexibility index (Phi) is 6.83. The average molecular weight is 543 g/mol. The maximum atomic E-state index is 12.9. The second-order valence-corrected chi connectivity index (χ2v) is 11.2. The summed E-state index contributed by atoms with van der Waals surface area (Å²) in [5, 5.41) is 0.291. The van der Waals surface area contributed by atoms with E-state index in [9.17, 15) is 22.0 Å². The molecular formula is C27H21ClF2N2O4S. The molecule has 1 fully saturated rings. The number of H-pyrrole nitrogens is 1. The number of allylic oxidation sites excluding steroid dienone is 1. The quantitative estimate of drug-likeness (QED) is 0.198. The molecule has 1 heterocycles. The van der Waals surface area contributed by atoms with Gasteiger partial charge in [0.1, 0.15) is 17.9 Å². The lowest BCUT2D eigenvalue weighted by molar-refractivity contribution is -0.104. The van der Waals surface area contributed by atoms with E-state index in [4.69, 9.17) is 11.6 Å². The third kappa shape index (κ3) is 5.42. The summed E-state index contributed by atoms with van der Waals surface area (Å²) in [6, 6.07) is 15.9. The van der Waals surface area contributed by atoms with Crippen LogP contribution in [0.25, 0.3) is 27.7 Å². The lowest BCUT2D eigenvalue weighted by atomic mass is 10.0. The highest BCUT2D eigenvalue weighted by Crippen LogP contribution is 2.38. The van der Waals surface area contributed by atoms with Gasteiger partial charge >= 0.3 is 6.61 Å². The van der Waals surface area contributed by atoms with Crippen molar-refractivity contribution in [2.24, 2.45) is 5.92 Å². The molecule has 0 saturated heterocycles. The fourth-order valence-corrected chi connectivity index (χ4v) is 6.13. The zero-order valence-corrected chi connectivity index (χ0v) is 20.9. The van der Waals surface area contributed by atoms with Crippen molar-refractivity contribution in [2.75, 3.05) is 5.75 Å². The molecule has 1 aromatic heterocycles. The van der Waals surface area contributed by atoms with Gasteiger partial charge < -0.3 is 9.72 Å². The molecule has 5 rings (SSSR count). The molecule has 3 aromatic carbocycles. The summed E-state index contributed by atoms with van der Waals surface area (Å²) in [7, 11) is -3.37. The Morgan fingerprint density at radius 3 is 2.51 bits per heavy atom. The van der Waals surface area contributed by atoms with E-state index in [0.717, 1.165) is 12.8 Å². The van der Waals surface area contributed by atoms with E-state index in [0.29, 0.717) is 50.4 Å². The van der Waals surface area contributed by atoms with Crippen LogP contribution in [0.15, 0.2) is 71.6 Å². The molecular weight excluding hydrogens is 522 g/mol. The first kappa shape index (κ1) is 25.1. The third-order valence-electron chi connectivity index (χ3n) is 6.13. The molecule has 6 nitrogen and oxygen atoms in total. The first-order valence-electron chi connectivity index (χ1n) is 11.5. The van der Waals surface area contributed by atoms with Gasteiger partial charge in [0, 0.05) is 16.7 Å². The predicted molar refractivity (Wildman–Crippen MR) is 138 cm³/mol. The van der Waals surface area contributed by atoms with Crippen LogP contribution < -0.4 is 4.74 Å². The van der Waals surface area contributed by atoms with E-state index in [-0.39, 0.29) is 22.3 Å². The van der Waals surface area contributed by atoms with E-state index in [1.54, 1.807) is 42.5 Å². The number of rotatable bonds is 9. The average Bonchev–Trinajstić information content (AvgIpc) is 3.57. The molecule has 0 radical (unpaired) electrons. The van der Waals surface area contributed by atoms with Crippen LogP contribution in [-0.4, -0.2) is 37.0 Å². The van der Waals surface area contributed by atoms with Gasteiger partial charge in [-0.1, -0.05) is 41.9 Å². The van der Waals surface area contributed by atoms with E-state index in [1.165, 1.54) is 24.3 Å². The molecule has 1 aliphatic carbocycles. The molecule has 0 unspecified atom stereocenters. The van der Waals surface area contributed by atoms with Gasteiger partial charge in [-0.25, -0.2) is 13.4 Å². The number of aldehydes is 1. The van der Waals surface area contributed by atoms with Crippen LogP contribution in [0, 0.1) is 5.92 Å². The number of carbonyl (C=O) groups is 1. The van der Waals surface area contributed by atoms with Gasteiger partial charge in [-0.05, 0) is 60.7 Å². The largest absolute Gasteiger partial charge is 0.434 e. The van der Waals surface area contributed by atoms with Crippen molar-refractivity contribution in [3.63, 3.8) is 0 Å². The number of benzene rings is 3. The SMILES string of the molecule is O=C/C=C(/c1ccc(S(=O)(=O)CC2CC2)cc1)c1nc2cc(-c3ccccc3OC(F)F)c(Cl)cc2[nH]1. The molecule has 0 atom stereocenters. The summed E-state index contributed by atoms with van der Waals surface area (Å²) in [6.45, 7) is -2.99. The number of ether oxygens (including phenoxy) is 1. The van der Waals surface area contributed by atoms with E-state index >= 15 is 0 Å². The number of para-hydroxylation sites is 1. The van der Waals surface area contributed by atoms with Crippen LogP contribution in [0.4, 0.5) is 8.78 Å². The number of aromatic amines is 1. The first-order chi connectivity index (χ1) is 17.7. The molecule has 1 N–H and O–H groups in total. The van der Waals surface area contributed by atoms with Crippen LogP contribution >= 0.6 is 11.6 Å². The maximum Gasteiger partial charge on any atom is 0.387 e. The fraction of sp³-hybridized carbons (Fsp3) is 0.185. The summed E-state index contributed by atoms with van der Waals surface area (Å²) in [6.07, 6.45) is 3.83. The second kappa shape index (κ2) is 10.1. The predicted octanol–water partition coefficient (Wildman–Crippen LogP) is 6.30. The van der Waals surface area contributed by atoms with E-state index in [2.05, 4.69) is 14.7 Å². The number of carbonyl (C=O) groups excluding carboxylic acids is 1. The second-order valence-electron chi connectivity index (χ2n) is 8.77. The van der Waals surface area contributed by atoms with E-state index in [1.807, 2.05) is 0 Å². The summed E-state index contributed by atoms with van der Waals surface area (Å²) < 4.78 is 55.6. The number of imidazole rings is 1. The van der Waals surface area contributed by atoms with Gasteiger partial charge in [0.15, 0.2) is 9.84 Å². The minimum atomic E-state index is -3.37. The van der Waals surface area contributed by atoms with Crippen LogP contribution in [-0.2, 0) is 14.6 Å². The van der Waals surface area contributed by atoms with Crippen molar-refractivity contribution in [1.82, 2.24) is 9.97 Å². The minimum absolute atomic E-state index is 0.0206. The lowest BCUT2D eigenvalue weighted by Crippen LogP contribution is -2.08. The summed E-state index contributed by atoms with van der Waals surface area (Å²) in [5.41, 5.74) is 2.94. The number of halogens is 3. The highest BCUT2D eigenvalue weighted by Gasteiger charge is 2.29.